The number of rotatable bonds is 2. The van der Waals surface area contributed by atoms with Gasteiger partial charge in [0.2, 0.25) is 0 Å². The Morgan fingerprint density at radius 1 is 1.16 bits per heavy atom. The SMILES string of the molecule is Cn1c(-c2cc3cccc4c3n2CCCO4)nc2cc(C(=O)N3CCC[C@@H](N)C3)ccc21. The highest BCUT2D eigenvalue weighted by molar-refractivity contribution is 5.98. The fourth-order valence-electron chi connectivity index (χ4n) is 5.17. The van der Waals surface area contributed by atoms with Crippen LogP contribution < -0.4 is 10.5 Å². The number of piperidine rings is 1. The highest BCUT2D eigenvalue weighted by Crippen LogP contribution is 2.36. The molecule has 0 aliphatic carbocycles. The van der Waals surface area contributed by atoms with Crippen LogP contribution in [0.5, 0.6) is 5.75 Å². The summed E-state index contributed by atoms with van der Waals surface area (Å²) in [5.74, 6) is 1.86. The number of para-hydroxylation sites is 1. The van der Waals surface area contributed by atoms with Crippen molar-refractivity contribution in [3.05, 3.63) is 48.0 Å². The van der Waals surface area contributed by atoms with E-state index < -0.39 is 0 Å². The molecule has 0 unspecified atom stereocenters. The third-order valence-electron chi connectivity index (χ3n) is 6.77. The monoisotopic (exact) mass is 429 g/mol. The second kappa shape index (κ2) is 7.38. The standard InChI is InChI=1S/C25H27N5O2/c1-28-20-9-8-17(25(31)29-10-3-6-18(26)15-29)13-19(20)27-24(28)21-14-16-5-2-7-22-23(16)30(21)11-4-12-32-22/h2,5,7-9,13-14,18H,3-4,6,10-12,15,26H2,1H3/t18-/m1/s1. The number of imidazole rings is 1. The summed E-state index contributed by atoms with van der Waals surface area (Å²) in [5.41, 5.74) is 10.8. The van der Waals surface area contributed by atoms with Crippen LogP contribution in [0.4, 0.5) is 0 Å². The molecule has 1 fully saturated rings. The van der Waals surface area contributed by atoms with Crippen LogP contribution in [-0.4, -0.2) is 50.7 Å². The topological polar surface area (TPSA) is 78.3 Å². The number of amides is 1. The average molecular weight is 430 g/mol. The molecule has 32 heavy (non-hydrogen) atoms. The van der Waals surface area contributed by atoms with Crippen molar-refractivity contribution in [1.82, 2.24) is 19.0 Å². The van der Waals surface area contributed by atoms with Gasteiger partial charge in [0.1, 0.15) is 5.75 Å². The Morgan fingerprint density at radius 3 is 2.94 bits per heavy atom. The van der Waals surface area contributed by atoms with E-state index in [1.54, 1.807) is 0 Å². The summed E-state index contributed by atoms with van der Waals surface area (Å²) in [6.07, 6.45) is 2.89. The Balaban J connectivity index is 1.44. The number of hydrogen-bond acceptors (Lipinski definition) is 4. The largest absolute Gasteiger partial charge is 0.491 e. The molecule has 7 heteroatoms. The van der Waals surface area contributed by atoms with E-state index in [2.05, 4.69) is 21.3 Å². The van der Waals surface area contributed by atoms with Crippen LogP contribution >= 0.6 is 0 Å². The van der Waals surface area contributed by atoms with E-state index in [1.807, 2.05) is 42.3 Å². The number of carbonyl (C=O) groups is 1. The zero-order valence-electron chi connectivity index (χ0n) is 18.3. The lowest BCUT2D eigenvalue weighted by atomic mass is 10.1. The van der Waals surface area contributed by atoms with Crippen LogP contribution in [0.25, 0.3) is 33.5 Å². The molecule has 1 atom stereocenters. The number of carbonyl (C=O) groups excluding carboxylic acids is 1. The molecule has 1 saturated heterocycles. The Labute approximate surface area is 186 Å². The van der Waals surface area contributed by atoms with Crippen molar-refractivity contribution in [3.8, 4) is 17.3 Å². The van der Waals surface area contributed by atoms with Gasteiger partial charge in [-0.1, -0.05) is 12.1 Å². The number of likely N-dealkylation sites (tertiary alicyclic amines) is 1. The molecule has 2 aliphatic rings. The van der Waals surface area contributed by atoms with E-state index in [4.69, 9.17) is 15.5 Å². The van der Waals surface area contributed by atoms with Crippen molar-refractivity contribution in [2.45, 2.75) is 31.8 Å². The maximum Gasteiger partial charge on any atom is 0.253 e. The van der Waals surface area contributed by atoms with Gasteiger partial charge in [-0.3, -0.25) is 4.79 Å². The van der Waals surface area contributed by atoms with Crippen molar-refractivity contribution in [2.75, 3.05) is 19.7 Å². The summed E-state index contributed by atoms with van der Waals surface area (Å²) >= 11 is 0. The van der Waals surface area contributed by atoms with Crippen LogP contribution in [0.1, 0.15) is 29.6 Å². The fourth-order valence-corrected chi connectivity index (χ4v) is 5.17. The first-order valence-electron chi connectivity index (χ1n) is 11.4. The van der Waals surface area contributed by atoms with Gasteiger partial charge in [0.05, 0.1) is 28.9 Å². The van der Waals surface area contributed by atoms with E-state index in [0.29, 0.717) is 18.7 Å². The molecular weight excluding hydrogens is 402 g/mol. The summed E-state index contributed by atoms with van der Waals surface area (Å²) in [5, 5.41) is 1.16. The van der Waals surface area contributed by atoms with E-state index in [-0.39, 0.29) is 11.9 Å². The minimum Gasteiger partial charge on any atom is -0.491 e. The highest BCUT2D eigenvalue weighted by Gasteiger charge is 2.24. The van der Waals surface area contributed by atoms with Gasteiger partial charge in [0, 0.05) is 43.7 Å². The van der Waals surface area contributed by atoms with Gasteiger partial charge in [-0.05, 0) is 49.6 Å². The number of benzene rings is 2. The molecule has 4 heterocycles. The molecule has 0 saturated carbocycles. The lowest BCUT2D eigenvalue weighted by molar-refractivity contribution is 0.0709. The van der Waals surface area contributed by atoms with Crippen LogP contribution in [0.15, 0.2) is 42.5 Å². The van der Waals surface area contributed by atoms with E-state index in [0.717, 1.165) is 71.6 Å². The van der Waals surface area contributed by atoms with E-state index in [1.165, 1.54) is 0 Å². The molecule has 2 aromatic carbocycles. The first-order valence-corrected chi connectivity index (χ1v) is 11.4. The van der Waals surface area contributed by atoms with Crippen molar-refractivity contribution in [1.29, 1.82) is 0 Å². The highest BCUT2D eigenvalue weighted by atomic mass is 16.5. The summed E-state index contributed by atoms with van der Waals surface area (Å²) in [7, 11) is 2.04. The zero-order chi connectivity index (χ0) is 21.8. The first-order chi connectivity index (χ1) is 15.6. The smallest absolute Gasteiger partial charge is 0.253 e. The number of aromatic nitrogens is 3. The molecule has 0 bridgehead atoms. The number of aryl methyl sites for hydroxylation is 2. The molecule has 164 valence electrons. The number of ether oxygens (including phenoxy) is 1. The Kier molecular flexibility index (Phi) is 4.47. The van der Waals surface area contributed by atoms with Crippen LogP contribution in [0.3, 0.4) is 0 Å². The Bertz CT molecular complexity index is 1350. The fraction of sp³-hybridized carbons (Fsp3) is 0.360. The number of fused-ring (bicyclic) bond motifs is 1. The van der Waals surface area contributed by atoms with Gasteiger partial charge in [0.15, 0.2) is 5.82 Å². The van der Waals surface area contributed by atoms with Gasteiger partial charge < -0.3 is 24.5 Å². The molecule has 2 aromatic heterocycles. The lowest BCUT2D eigenvalue weighted by Crippen LogP contribution is -2.45. The minimum atomic E-state index is 0.0380. The van der Waals surface area contributed by atoms with Crippen LogP contribution in [0, 0.1) is 0 Å². The lowest BCUT2D eigenvalue weighted by Gasteiger charge is -2.30. The predicted octanol–water partition coefficient (Wildman–Crippen LogP) is 3.54. The second-order valence-electron chi connectivity index (χ2n) is 8.93. The van der Waals surface area contributed by atoms with Crippen molar-refractivity contribution >= 4 is 27.8 Å². The second-order valence-corrected chi connectivity index (χ2v) is 8.93. The van der Waals surface area contributed by atoms with E-state index >= 15 is 0 Å². The molecule has 4 aromatic rings. The Morgan fingerprint density at radius 2 is 2.06 bits per heavy atom. The molecular formula is C25H27N5O2. The van der Waals surface area contributed by atoms with Crippen LogP contribution in [-0.2, 0) is 13.6 Å². The molecule has 1 amide bonds. The zero-order valence-corrected chi connectivity index (χ0v) is 18.3. The predicted molar refractivity (Wildman–Crippen MR) is 125 cm³/mol. The molecule has 2 N–H and O–H groups in total. The summed E-state index contributed by atoms with van der Waals surface area (Å²) in [4.78, 5) is 19.9. The van der Waals surface area contributed by atoms with Gasteiger partial charge in [-0.2, -0.15) is 0 Å². The molecule has 0 spiro atoms. The summed E-state index contributed by atoms with van der Waals surface area (Å²) in [6.45, 7) is 2.99. The quantitative estimate of drug-likeness (QED) is 0.529. The number of nitrogens with zero attached hydrogens (tertiary/aromatic N) is 4. The van der Waals surface area contributed by atoms with Crippen molar-refractivity contribution in [2.24, 2.45) is 12.8 Å². The third kappa shape index (κ3) is 2.99. The normalized spacial score (nSPS) is 18.7. The van der Waals surface area contributed by atoms with Crippen molar-refractivity contribution < 1.29 is 9.53 Å². The van der Waals surface area contributed by atoms with Gasteiger partial charge in [0.25, 0.3) is 5.91 Å². The molecule has 2 aliphatic heterocycles. The maximum absolute atomic E-state index is 13.1. The first kappa shape index (κ1) is 19.4. The molecule has 6 rings (SSSR count). The minimum absolute atomic E-state index is 0.0380. The van der Waals surface area contributed by atoms with Gasteiger partial charge in [-0.25, -0.2) is 4.98 Å². The maximum atomic E-state index is 13.1. The van der Waals surface area contributed by atoms with E-state index in [9.17, 15) is 4.79 Å². The number of hydrogen-bond donors (Lipinski definition) is 1. The van der Waals surface area contributed by atoms with Gasteiger partial charge in [-0.15, -0.1) is 0 Å². The van der Waals surface area contributed by atoms with Gasteiger partial charge >= 0.3 is 0 Å². The Hall–Kier alpha value is -3.32. The van der Waals surface area contributed by atoms with Crippen molar-refractivity contribution in [3.63, 3.8) is 0 Å². The number of nitrogens with two attached hydrogens (primary N) is 1. The molecule has 0 radical (unpaired) electrons. The summed E-state index contributed by atoms with van der Waals surface area (Å²) < 4.78 is 10.4. The summed E-state index contributed by atoms with van der Waals surface area (Å²) in [6, 6.07) is 14.3. The third-order valence-corrected chi connectivity index (χ3v) is 6.77. The average Bonchev–Trinajstić information content (AvgIpc) is 3.24. The van der Waals surface area contributed by atoms with Crippen LogP contribution in [0.2, 0.25) is 0 Å². The molecule has 7 nitrogen and oxygen atoms in total.